The zero-order valence-electron chi connectivity index (χ0n) is 18.4. The third kappa shape index (κ3) is 7.98. The van der Waals surface area contributed by atoms with Crippen LogP contribution in [0.3, 0.4) is 0 Å². The van der Waals surface area contributed by atoms with E-state index in [1.807, 2.05) is 30.6 Å². The average Bonchev–Trinajstić information content (AvgIpc) is 2.77. The molecule has 0 atom stereocenters. The number of aliphatic imine (C=N–C) groups is 1. The fraction of sp³-hybridized carbons (Fsp3) is 0.520. The van der Waals surface area contributed by atoms with E-state index >= 15 is 0 Å². The van der Waals surface area contributed by atoms with Crippen molar-refractivity contribution in [3.8, 4) is 0 Å². The summed E-state index contributed by atoms with van der Waals surface area (Å²) < 4.78 is 0. The first-order valence-corrected chi connectivity index (χ1v) is 11.5. The van der Waals surface area contributed by atoms with Crippen molar-refractivity contribution >= 4 is 6.21 Å². The number of aromatic nitrogens is 1. The minimum absolute atomic E-state index is 0.610. The average molecular weight is 408 g/mol. The van der Waals surface area contributed by atoms with Crippen LogP contribution >= 0.6 is 0 Å². The Morgan fingerprint density at radius 3 is 2.30 bits per heavy atom. The van der Waals surface area contributed by atoms with Gasteiger partial charge in [-0.25, -0.2) is 0 Å². The van der Waals surface area contributed by atoms with Gasteiger partial charge in [-0.1, -0.05) is 18.2 Å². The highest BCUT2D eigenvalue weighted by atomic mass is 15.0. The van der Waals surface area contributed by atoms with Gasteiger partial charge in [0.1, 0.15) is 0 Å². The van der Waals surface area contributed by atoms with Crippen molar-refractivity contribution in [1.29, 1.82) is 0 Å². The molecule has 1 fully saturated rings. The summed E-state index contributed by atoms with van der Waals surface area (Å²) in [6, 6.07) is 12.8. The molecule has 162 valence electrons. The number of hydrogen-bond acceptors (Lipinski definition) is 5. The van der Waals surface area contributed by atoms with Gasteiger partial charge in [0.05, 0.1) is 12.2 Å². The number of aryl methyl sites for hydroxylation is 1. The summed E-state index contributed by atoms with van der Waals surface area (Å²) in [5.41, 5.74) is 5.08. The summed E-state index contributed by atoms with van der Waals surface area (Å²) in [6.45, 7) is 9.25. The number of nitrogens with one attached hydrogen (secondary N) is 3. The van der Waals surface area contributed by atoms with Gasteiger partial charge in [-0.3, -0.25) is 9.98 Å². The summed E-state index contributed by atoms with van der Waals surface area (Å²) in [4.78, 5) is 8.97. The van der Waals surface area contributed by atoms with Crippen molar-refractivity contribution in [1.82, 2.24) is 20.9 Å². The molecule has 1 aromatic carbocycles. The molecule has 1 aliphatic heterocycles. The lowest BCUT2D eigenvalue weighted by molar-refractivity contribution is 0.485. The molecule has 0 unspecified atom stereocenters. The van der Waals surface area contributed by atoms with E-state index < -0.39 is 0 Å². The second-order valence-corrected chi connectivity index (χ2v) is 8.14. The van der Waals surface area contributed by atoms with Crippen LogP contribution in [0.4, 0.5) is 0 Å². The number of pyridine rings is 1. The maximum Gasteiger partial charge on any atom is 0.0811 e. The second kappa shape index (κ2) is 13.3. The minimum atomic E-state index is 0.610. The van der Waals surface area contributed by atoms with Crippen molar-refractivity contribution < 1.29 is 0 Å². The molecule has 5 nitrogen and oxygen atoms in total. The number of nitrogens with zero attached hydrogens (tertiary/aromatic N) is 2. The lowest BCUT2D eigenvalue weighted by atomic mass is 9.86. The first-order chi connectivity index (χ1) is 14.8. The summed E-state index contributed by atoms with van der Waals surface area (Å²) in [5, 5.41) is 10.6. The molecule has 3 rings (SSSR count). The SMILES string of the molecule is Cc1ccc(C=NCc2ccccn2)cc1C1CCCNCCNCCNCCC1. The van der Waals surface area contributed by atoms with Gasteiger partial charge in [0.15, 0.2) is 0 Å². The molecular weight excluding hydrogens is 370 g/mol. The first kappa shape index (κ1) is 22.6. The molecule has 5 heteroatoms. The lowest BCUT2D eigenvalue weighted by Gasteiger charge is -2.21. The van der Waals surface area contributed by atoms with E-state index in [2.05, 4.69) is 51.0 Å². The van der Waals surface area contributed by atoms with Crippen LogP contribution in [0.2, 0.25) is 0 Å². The zero-order chi connectivity index (χ0) is 20.9. The Hall–Kier alpha value is -2.08. The van der Waals surface area contributed by atoms with Gasteiger partial charge in [-0.15, -0.1) is 0 Å². The molecule has 0 bridgehead atoms. The Kier molecular flexibility index (Phi) is 10.00. The van der Waals surface area contributed by atoms with Gasteiger partial charge in [0.25, 0.3) is 0 Å². The molecule has 0 saturated carbocycles. The normalized spacial score (nSPS) is 18.3. The van der Waals surface area contributed by atoms with E-state index in [0.717, 1.165) is 45.0 Å². The van der Waals surface area contributed by atoms with Crippen molar-refractivity contribution in [3.63, 3.8) is 0 Å². The van der Waals surface area contributed by atoms with Crippen molar-refractivity contribution in [2.75, 3.05) is 39.3 Å². The Morgan fingerprint density at radius 2 is 1.63 bits per heavy atom. The molecule has 3 N–H and O–H groups in total. The van der Waals surface area contributed by atoms with E-state index in [1.165, 1.54) is 42.4 Å². The van der Waals surface area contributed by atoms with Gasteiger partial charge >= 0.3 is 0 Å². The van der Waals surface area contributed by atoms with Crippen LogP contribution in [-0.2, 0) is 6.54 Å². The van der Waals surface area contributed by atoms with Crippen LogP contribution in [0.5, 0.6) is 0 Å². The molecule has 0 amide bonds. The highest BCUT2D eigenvalue weighted by molar-refractivity contribution is 5.80. The smallest absolute Gasteiger partial charge is 0.0811 e. The van der Waals surface area contributed by atoms with Gasteiger partial charge in [-0.05, 0) is 86.5 Å². The van der Waals surface area contributed by atoms with Gasteiger partial charge in [0, 0.05) is 38.6 Å². The van der Waals surface area contributed by atoms with Crippen LogP contribution in [0.15, 0.2) is 47.6 Å². The molecular formula is C25H37N5. The fourth-order valence-electron chi connectivity index (χ4n) is 4.05. The molecule has 1 saturated heterocycles. The summed E-state index contributed by atoms with van der Waals surface area (Å²) in [5.74, 6) is 0.610. The van der Waals surface area contributed by atoms with Crippen molar-refractivity contribution in [2.24, 2.45) is 4.99 Å². The monoisotopic (exact) mass is 407 g/mol. The van der Waals surface area contributed by atoms with E-state index in [4.69, 9.17) is 0 Å². The Labute approximate surface area is 181 Å². The summed E-state index contributed by atoms with van der Waals surface area (Å²) in [6.07, 6.45) is 8.72. The summed E-state index contributed by atoms with van der Waals surface area (Å²) >= 11 is 0. The molecule has 30 heavy (non-hydrogen) atoms. The number of hydrogen-bond donors (Lipinski definition) is 3. The Balaban J connectivity index is 1.64. The summed E-state index contributed by atoms with van der Waals surface area (Å²) in [7, 11) is 0. The van der Waals surface area contributed by atoms with Gasteiger partial charge in [-0.2, -0.15) is 0 Å². The quantitative estimate of drug-likeness (QED) is 0.680. The molecule has 2 aromatic rings. The molecule has 0 spiro atoms. The van der Waals surface area contributed by atoms with Gasteiger partial charge < -0.3 is 16.0 Å². The molecule has 0 radical (unpaired) electrons. The molecule has 1 aromatic heterocycles. The van der Waals surface area contributed by atoms with Gasteiger partial charge in [0.2, 0.25) is 0 Å². The van der Waals surface area contributed by atoms with E-state index in [-0.39, 0.29) is 0 Å². The maximum absolute atomic E-state index is 4.62. The predicted octanol–water partition coefficient (Wildman–Crippen LogP) is 3.44. The third-order valence-electron chi connectivity index (χ3n) is 5.73. The Morgan fingerprint density at radius 1 is 0.933 bits per heavy atom. The zero-order valence-corrected chi connectivity index (χ0v) is 18.4. The van der Waals surface area contributed by atoms with Crippen LogP contribution in [0.25, 0.3) is 0 Å². The fourth-order valence-corrected chi connectivity index (χ4v) is 4.05. The van der Waals surface area contributed by atoms with E-state index in [1.54, 1.807) is 0 Å². The Bertz CT molecular complexity index is 745. The van der Waals surface area contributed by atoms with E-state index in [0.29, 0.717) is 12.5 Å². The van der Waals surface area contributed by atoms with Crippen LogP contribution in [0.1, 0.15) is 54.0 Å². The number of benzene rings is 1. The third-order valence-corrected chi connectivity index (χ3v) is 5.73. The van der Waals surface area contributed by atoms with Crippen LogP contribution < -0.4 is 16.0 Å². The second-order valence-electron chi connectivity index (χ2n) is 8.14. The minimum Gasteiger partial charge on any atom is -0.315 e. The lowest BCUT2D eigenvalue weighted by Crippen LogP contribution is -2.33. The largest absolute Gasteiger partial charge is 0.315 e. The standard InChI is InChI=1S/C25H37N5/c1-21-9-10-22(19-29-20-24-8-2-3-13-30-24)18-25(21)23-6-4-11-26-14-16-28-17-15-27-12-5-7-23/h2-3,8-10,13,18-19,23,26-28H,4-7,11-12,14-17,20H2,1H3. The molecule has 0 aliphatic carbocycles. The predicted molar refractivity (Wildman–Crippen MR) is 127 cm³/mol. The van der Waals surface area contributed by atoms with Crippen LogP contribution in [-0.4, -0.2) is 50.5 Å². The van der Waals surface area contributed by atoms with Crippen molar-refractivity contribution in [3.05, 3.63) is 65.0 Å². The number of rotatable bonds is 4. The molecule has 2 heterocycles. The maximum atomic E-state index is 4.62. The van der Waals surface area contributed by atoms with Crippen molar-refractivity contribution in [2.45, 2.75) is 45.1 Å². The highest BCUT2D eigenvalue weighted by Gasteiger charge is 2.14. The van der Waals surface area contributed by atoms with Crippen LogP contribution in [0, 0.1) is 6.92 Å². The molecule has 1 aliphatic rings. The van der Waals surface area contributed by atoms with E-state index in [9.17, 15) is 0 Å². The topological polar surface area (TPSA) is 61.3 Å². The highest BCUT2D eigenvalue weighted by Crippen LogP contribution is 2.29. The first-order valence-electron chi connectivity index (χ1n) is 11.5.